The van der Waals surface area contributed by atoms with Crippen molar-refractivity contribution in [2.75, 3.05) is 6.61 Å². The van der Waals surface area contributed by atoms with Crippen LogP contribution in [0.2, 0.25) is 0 Å². The van der Waals surface area contributed by atoms with Crippen molar-refractivity contribution in [2.24, 2.45) is 0 Å². The highest BCUT2D eigenvalue weighted by molar-refractivity contribution is 5.82. The molecule has 0 fully saturated rings. The maximum Gasteiger partial charge on any atom is 0.193 e. The molecule has 1 heterocycles. The van der Waals surface area contributed by atoms with Crippen molar-refractivity contribution < 1.29 is 14.3 Å². The van der Waals surface area contributed by atoms with Gasteiger partial charge in [-0.15, -0.1) is 0 Å². The molecule has 0 aliphatic carbocycles. The first kappa shape index (κ1) is 14.2. The van der Waals surface area contributed by atoms with Crippen LogP contribution in [0.15, 0.2) is 51.7 Å². The third-order valence-corrected chi connectivity index (χ3v) is 3.50. The average molecular weight is 296 g/mol. The van der Waals surface area contributed by atoms with Gasteiger partial charge >= 0.3 is 0 Å². The van der Waals surface area contributed by atoms with Gasteiger partial charge in [-0.05, 0) is 37.6 Å². The molecule has 0 amide bonds. The Kier molecular flexibility index (Phi) is 3.59. The minimum atomic E-state index is -0.131. The van der Waals surface area contributed by atoms with Crippen molar-refractivity contribution in [3.05, 3.63) is 58.3 Å². The lowest BCUT2D eigenvalue weighted by molar-refractivity contribution is 0.338. The normalized spacial score (nSPS) is 10.8. The summed E-state index contributed by atoms with van der Waals surface area (Å²) < 4.78 is 11.2. The summed E-state index contributed by atoms with van der Waals surface area (Å²) in [6.45, 7) is 4.27. The Bertz CT molecular complexity index is 893. The molecule has 3 rings (SSSR count). The Hall–Kier alpha value is -2.75. The van der Waals surface area contributed by atoms with Crippen molar-refractivity contribution in [1.29, 1.82) is 0 Å². The van der Waals surface area contributed by atoms with E-state index in [1.165, 1.54) is 12.1 Å². The Morgan fingerprint density at radius 3 is 2.73 bits per heavy atom. The number of fused-ring (bicyclic) bond motifs is 1. The van der Waals surface area contributed by atoms with Gasteiger partial charge in [0.2, 0.25) is 0 Å². The van der Waals surface area contributed by atoms with Crippen LogP contribution in [0, 0.1) is 6.92 Å². The number of hydrogen-bond acceptors (Lipinski definition) is 4. The SMILES string of the molecule is CCOc1ccc(-c2cc(=O)c3cccc(C)c3o2)c(O)c1. The summed E-state index contributed by atoms with van der Waals surface area (Å²) in [5.41, 5.74) is 1.75. The van der Waals surface area contributed by atoms with Crippen LogP contribution in [0.1, 0.15) is 12.5 Å². The van der Waals surface area contributed by atoms with Crippen molar-refractivity contribution in [3.8, 4) is 22.8 Å². The smallest absolute Gasteiger partial charge is 0.193 e. The van der Waals surface area contributed by atoms with Gasteiger partial charge in [0.1, 0.15) is 22.8 Å². The molecule has 0 unspecified atom stereocenters. The van der Waals surface area contributed by atoms with Crippen molar-refractivity contribution >= 4 is 11.0 Å². The van der Waals surface area contributed by atoms with Gasteiger partial charge in [0, 0.05) is 12.1 Å². The zero-order valence-corrected chi connectivity index (χ0v) is 12.4. The summed E-state index contributed by atoms with van der Waals surface area (Å²) in [5, 5.41) is 10.7. The molecular weight excluding hydrogens is 280 g/mol. The molecule has 0 bridgehead atoms. The van der Waals surface area contributed by atoms with Crippen LogP contribution in [0.5, 0.6) is 11.5 Å². The molecule has 0 aliphatic heterocycles. The van der Waals surface area contributed by atoms with Crippen LogP contribution in [-0.4, -0.2) is 11.7 Å². The summed E-state index contributed by atoms with van der Waals surface area (Å²) in [6.07, 6.45) is 0. The highest BCUT2D eigenvalue weighted by Gasteiger charge is 2.12. The fourth-order valence-electron chi connectivity index (χ4n) is 2.43. The highest BCUT2D eigenvalue weighted by Crippen LogP contribution is 2.33. The molecule has 0 saturated carbocycles. The van der Waals surface area contributed by atoms with E-state index in [0.29, 0.717) is 34.6 Å². The molecule has 4 heteroatoms. The molecule has 1 N–H and O–H groups in total. The number of para-hydroxylation sites is 1. The quantitative estimate of drug-likeness (QED) is 0.797. The first-order chi connectivity index (χ1) is 10.6. The first-order valence-electron chi connectivity index (χ1n) is 7.10. The van der Waals surface area contributed by atoms with Gasteiger partial charge in [-0.3, -0.25) is 4.79 Å². The van der Waals surface area contributed by atoms with Gasteiger partial charge in [-0.2, -0.15) is 0 Å². The van der Waals surface area contributed by atoms with Crippen LogP contribution in [0.25, 0.3) is 22.3 Å². The second kappa shape index (κ2) is 5.56. The summed E-state index contributed by atoms with van der Waals surface area (Å²) in [4.78, 5) is 12.2. The lowest BCUT2D eigenvalue weighted by Gasteiger charge is -2.09. The molecule has 4 nitrogen and oxygen atoms in total. The monoisotopic (exact) mass is 296 g/mol. The molecule has 1 aromatic heterocycles. The standard InChI is InChI=1S/C18H16O4/c1-3-21-12-7-8-13(15(19)9-12)17-10-16(20)14-6-4-5-11(2)18(14)22-17/h4-10,19H,3H2,1-2H3. The number of ether oxygens (including phenoxy) is 1. The van der Waals surface area contributed by atoms with Crippen LogP contribution < -0.4 is 10.2 Å². The number of phenols is 1. The van der Waals surface area contributed by atoms with Crippen LogP contribution in [0.4, 0.5) is 0 Å². The van der Waals surface area contributed by atoms with E-state index in [4.69, 9.17) is 9.15 Å². The predicted octanol–water partition coefficient (Wildman–Crippen LogP) is 3.87. The molecule has 0 spiro atoms. The maximum atomic E-state index is 12.2. The van der Waals surface area contributed by atoms with Gasteiger partial charge in [-0.25, -0.2) is 0 Å². The second-order valence-electron chi connectivity index (χ2n) is 5.04. The molecule has 22 heavy (non-hydrogen) atoms. The second-order valence-corrected chi connectivity index (χ2v) is 5.04. The Labute approximate surface area is 127 Å². The van der Waals surface area contributed by atoms with E-state index in [-0.39, 0.29) is 11.2 Å². The molecule has 112 valence electrons. The highest BCUT2D eigenvalue weighted by atomic mass is 16.5. The predicted molar refractivity (Wildman–Crippen MR) is 85.5 cm³/mol. The van der Waals surface area contributed by atoms with Gasteiger partial charge in [0.05, 0.1) is 17.6 Å². The summed E-state index contributed by atoms with van der Waals surface area (Å²) in [7, 11) is 0. The average Bonchev–Trinajstić information content (AvgIpc) is 2.49. The van der Waals surface area contributed by atoms with E-state index in [1.807, 2.05) is 26.0 Å². The van der Waals surface area contributed by atoms with E-state index < -0.39 is 0 Å². The Morgan fingerprint density at radius 1 is 1.18 bits per heavy atom. The zero-order valence-electron chi connectivity index (χ0n) is 12.4. The number of aryl methyl sites for hydroxylation is 1. The summed E-state index contributed by atoms with van der Waals surface area (Å²) in [5.74, 6) is 0.928. The van der Waals surface area contributed by atoms with E-state index in [0.717, 1.165) is 5.56 Å². The van der Waals surface area contributed by atoms with E-state index >= 15 is 0 Å². The van der Waals surface area contributed by atoms with E-state index in [2.05, 4.69) is 0 Å². The van der Waals surface area contributed by atoms with Crippen LogP contribution in [-0.2, 0) is 0 Å². The molecule has 2 aromatic carbocycles. The molecular formula is C18H16O4. The number of phenolic OH excluding ortho intramolecular Hbond substituents is 1. The number of benzene rings is 2. The van der Waals surface area contributed by atoms with Crippen molar-refractivity contribution in [2.45, 2.75) is 13.8 Å². The van der Waals surface area contributed by atoms with E-state index in [1.54, 1.807) is 18.2 Å². The molecule has 0 radical (unpaired) electrons. The first-order valence-corrected chi connectivity index (χ1v) is 7.10. The minimum Gasteiger partial charge on any atom is -0.507 e. The van der Waals surface area contributed by atoms with Crippen LogP contribution >= 0.6 is 0 Å². The fourth-order valence-corrected chi connectivity index (χ4v) is 2.43. The van der Waals surface area contributed by atoms with Gasteiger partial charge in [0.25, 0.3) is 0 Å². The lowest BCUT2D eigenvalue weighted by atomic mass is 10.1. The van der Waals surface area contributed by atoms with Gasteiger partial charge < -0.3 is 14.3 Å². The number of aromatic hydroxyl groups is 1. The third-order valence-electron chi connectivity index (χ3n) is 3.50. The molecule has 3 aromatic rings. The molecule has 0 atom stereocenters. The summed E-state index contributed by atoms with van der Waals surface area (Å²) >= 11 is 0. The van der Waals surface area contributed by atoms with Crippen molar-refractivity contribution in [1.82, 2.24) is 0 Å². The summed E-state index contributed by atoms with van der Waals surface area (Å²) in [6, 6.07) is 11.8. The largest absolute Gasteiger partial charge is 0.507 e. The van der Waals surface area contributed by atoms with Gasteiger partial charge in [0.15, 0.2) is 5.43 Å². The number of hydrogen-bond donors (Lipinski definition) is 1. The van der Waals surface area contributed by atoms with E-state index in [9.17, 15) is 9.90 Å². The van der Waals surface area contributed by atoms with Crippen molar-refractivity contribution in [3.63, 3.8) is 0 Å². The fraction of sp³-hybridized carbons (Fsp3) is 0.167. The Morgan fingerprint density at radius 2 is 2.00 bits per heavy atom. The number of rotatable bonds is 3. The topological polar surface area (TPSA) is 59.7 Å². The maximum absolute atomic E-state index is 12.2. The van der Waals surface area contributed by atoms with Crippen LogP contribution in [0.3, 0.4) is 0 Å². The lowest BCUT2D eigenvalue weighted by Crippen LogP contribution is -2.01. The zero-order chi connectivity index (χ0) is 15.7. The minimum absolute atomic E-state index is 0.0158. The molecule has 0 aliphatic rings. The molecule has 0 saturated heterocycles. The Balaban J connectivity index is 2.18. The third kappa shape index (κ3) is 2.44. The van der Waals surface area contributed by atoms with Gasteiger partial charge in [-0.1, -0.05) is 12.1 Å².